The molecule has 11 nitrogen and oxygen atoms in total. The van der Waals surface area contributed by atoms with Gasteiger partial charge in [-0.15, -0.1) is 0 Å². The lowest BCUT2D eigenvalue weighted by molar-refractivity contribution is -0.114. The van der Waals surface area contributed by atoms with Gasteiger partial charge < -0.3 is 19.5 Å². The van der Waals surface area contributed by atoms with Gasteiger partial charge in [-0.1, -0.05) is 0 Å². The van der Waals surface area contributed by atoms with E-state index in [1.54, 1.807) is 13.8 Å². The number of sulfonamides is 1. The predicted octanol–water partition coefficient (Wildman–Crippen LogP) is 3.31. The summed E-state index contributed by atoms with van der Waals surface area (Å²) in [6.45, 7) is 4.48. The van der Waals surface area contributed by atoms with E-state index in [0.29, 0.717) is 0 Å². The Morgan fingerprint density at radius 3 is 2.18 bits per heavy atom. The zero-order valence-electron chi connectivity index (χ0n) is 18.4. The molecule has 0 bridgehead atoms. The second kappa shape index (κ2) is 10.7. The number of hydrogen-bond acceptors (Lipinski definition) is 8. The lowest BCUT2D eigenvalue weighted by Gasteiger charge is -2.18. The first kappa shape index (κ1) is 25.5. The van der Waals surface area contributed by atoms with Crippen molar-refractivity contribution in [3.63, 3.8) is 0 Å². The van der Waals surface area contributed by atoms with Crippen molar-refractivity contribution in [1.82, 2.24) is 0 Å². The predicted molar refractivity (Wildman–Crippen MR) is 118 cm³/mol. The van der Waals surface area contributed by atoms with Crippen LogP contribution in [-0.4, -0.2) is 45.7 Å². The van der Waals surface area contributed by atoms with E-state index in [-0.39, 0.29) is 47.2 Å². The summed E-state index contributed by atoms with van der Waals surface area (Å²) in [5.74, 6) is -3.31. The molecule has 0 fully saturated rings. The minimum Gasteiger partial charge on any atom is -0.462 e. The van der Waals surface area contributed by atoms with E-state index in [1.165, 1.54) is 18.2 Å². The first-order valence-electron chi connectivity index (χ1n) is 9.72. The topological polar surface area (TPSA) is 157 Å². The lowest BCUT2D eigenvalue weighted by Crippen LogP contribution is -2.14. The highest BCUT2D eigenvalue weighted by Gasteiger charge is 2.25. The van der Waals surface area contributed by atoms with Crippen molar-refractivity contribution >= 4 is 39.2 Å². The van der Waals surface area contributed by atoms with Gasteiger partial charge in [0, 0.05) is 6.92 Å². The normalized spacial score (nSPS) is 10.8. The second-order valence-electron chi connectivity index (χ2n) is 6.62. The average molecular weight is 479 g/mol. The van der Waals surface area contributed by atoms with Crippen LogP contribution in [0.1, 0.15) is 41.5 Å². The van der Waals surface area contributed by atoms with Gasteiger partial charge in [0.15, 0.2) is 11.5 Å². The summed E-state index contributed by atoms with van der Waals surface area (Å²) in [6, 6.07) is 5.97. The third-order valence-corrected chi connectivity index (χ3v) is 4.50. The fraction of sp³-hybridized carbons (Fsp3) is 0.286. The summed E-state index contributed by atoms with van der Waals surface area (Å²) >= 11 is 0. The number of anilines is 2. The Balaban J connectivity index is 2.68. The Morgan fingerprint density at radius 2 is 1.61 bits per heavy atom. The zero-order valence-corrected chi connectivity index (χ0v) is 19.2. The van der Waals surface area contributed by atoms with Gasteiger partial charge in [-0.05, 0) is 44.2 Å². The molecule has 0 heterocycles. The summed E-state index contributed by atoms with van der Waals surface area (Å²) in [6.07, 6.45) is 0.888. The third kappa shape index (κ3) is 6.84. The van der Waals surface area contributed by atoms with Crippen molar-refractivity contribution in [2.45, 2.75) is 20.8 Å². The van der Waals surface area contributed by atoms with Crippen molar-refractivity contribution in [3.8, 4) is 17.2 Å². The first-order valence-corrected chi connectivity index (χ1v) is 11.6. The maximum Gasteiger partial charge on any atom is 0.342 e. The molecule has 0 aliphatic rings. The minimum absolute atomic E-state index is 0.0284. The van der Waals surface area contributed by atoms with Crippen LogP contribution in [0, 0.1) is 0 Å². The molecule has 0 aliphatic heterocycles. The number of carbonyl (C=O) groups is 3. The van der Waals surface area contributed by atoms with Gasteiger partial charge in [-0.2, -0.15) is 0 Å². The molecule has 33 heavy (non-hydrogen) atoms. The largest absolute Gasteiger partial charge is 0.462 e. The zero-order chi connectivity index (χ0) is 24.8. The maximum absolute atomic E-state index is 12.4. The molecule has 2 N–H and O–H groups in total. The molecular formula is C21H23N2O9S. The molecule has 0 aliphatic carbocycles. The number of hydrogen-bond donors (Lipinski definition) is 2. The van der Waals surface area contributed by atoms with Gasteiger partial charge in [0.2, 0.25) is 21.7 Å². The molecule has 0 saturated carbocycles. The van der Waals surface area contributed by atoms with Crippen molar-refractivity contribution in [1.29, 1.82) is 0 Å². The quantitative estimate of drug-likeness (QED) is 0.519. The van der Waals surface area contributed by atoms with Crippen LogP contribution in [0.5, 0.6) is 17.2 Å². The molecule has 0 unspecified atom stereocenters. The number of nitrogens with one attached hydrogen (secondary N) is 2. The Bertz CT molecular complexity index is 1180. The lowest BCUT2D eigenvalue weighted by atomic mass is 10.1. The van der Waals surface area contributed by atoms with Crippen molar-refractivity contribution < 1.29 is 42.1 Å². The van der Waals surface area contributed by atoms with Crippen LogP contribution < -0.4 is 14.8 Å². The first-order chi connectivity index (χ1) is 15.5. The molecule has 0 saturated heterocycles. The highest BCUT2D eigenvalue weighted by molar-refractivity contribution is 7.92. The molecule has 0 aromatic heterocycles. The molecule has 1 amide bonds. The number of benzene rings is 2. The highest BCUT2D eigenvalue weighted by atomic mass is 32.2. The number of amides is 1. The molecule has 2 aromatic carbocycles. The van der Waals surface area contributed by atoms with E-state index in [4.69, 9.17) is 14.2 Å². The van der Waals surface area contributed by atoms with Crippen molar-refractivity contribution in [2.75, 3.05) is 29.5 Å². The molecule has 2 rings (SSSR count). The van der Waals surface area contributed by atoms with Crippen LogP contribution in [0.25, 0.3) is 0 Å². The molecule has 0 atom stereocenters. The summed E-state index contributed by atoms with van der Waals surface area (Å²) in [5.41, 5.74) is -0.656. The molecular weight excluding hydrogens is 456 g/mol. The van der Waals surface area contributed by atoms with Crippen LogP contribution in [0.2, 0.25) is 0 Å². The molecule has 12 heteroatoms. The molecule has 0 spiro atoms. The van der Waals surface area contributed by atoms with E-state index >= 15 is 0 Å². The monoisotopic (exact) mass is 479 g/mol. The van der Waals surface area contributed by atoms with Gasteiger partial charge in [0.25, 0.3) is 0 Å². The number of ether oxygens (including phenoxy) is 3. The van der Waals surface area contributed by atoms with E-state index in [0.717, 1.165) is 25.3 Å². The van der Waals surface area contributed by atoms with Crippen LogP contribution in [-0.2, 0) is 29.4 Å². The second-order valence-corrected chi connectivity index (χ2v) is 8.37. The van der Waals surface area contributed by atoms with Crippen molar-refractivity contribution in [2.24, 2.45) is 0 Å². The van der Waals surface area contributed by atoms with Gasteiger partial charge >= 0.3 is 11.9 Å². The minimum atomic E-state index is -3.82. The fourth-order valence-electron chi connectivity index (χ4n) is 2.68. The SMILES string of the molecule is CCOC(=O)c1ccc(Oc2c(C(=O)OCC)ccc([O])c2NC(C)=O)c(NS(C)(=O)=O)c1. The Labute approximate surface area is 190 Å². The average Bonchev–Trinajstić information content (AvgIpc) is 2.70. The van der Waals surface area contributed by atoms with Gasteiger partial charge in [-0.25, -0.2) is 18.0 Å². The summed E-state index contributed by atoms with van der Waals surface area (Å²) in [4.78, 5) is 36.2. The molecule has 1 radical (unpaired) electrons. The summed E-state index contributed by atoms with van der Waals surface area (Å²) < 4.78 is 41.6. The van der Waals surface area contributed by atoms with Gasteiger partial charge in [0.1, 0.15) is 11.3 Å². The van der Waals surface area contributed by atoms with Gasteiger partial charge in [-0.3, -0.25) is 14.6 Å². The number of carbonyl (C=O) groups excluding carboxylic acids is 3. The maximum atomic E-state index is 12.4. The summed E-state index contributed by atoms with van der Waals surface area (Å²) in [7, 11) is -3.82. The van der Waals surface area contributed by atoms with E-state index in [9.17, 15) is 27.9 Å². The Morgan fingerprint density at radius 1 is 0.970 bits per heavy atom. The number of esters is 2. The van der Waals surface area contributed by atoms with Crippen LogP contribution in [0.15, 0.2) is 30.3 Å². The Kier molecular flexibility index (Phi) is 8.24. The molecule has 2 aromatic rings. The van der Waals surface area contributed by atoms with Crippen LogP contribution in [0.4, 0.5) is 11.4 Å². The third-order valence-electron chi connectivity index (χ3n) is 3.91. The summed E-state index contributed by atoms with van der Waals surface area (Å²) in [5, 5.41) is 14.7. The Hall–Kier alpha value is -3.80. The van der Waals surface area contributed by atoms with Crippen LogP contribution >= 0.6 is 0 Å². The highest BCUT2D eigenvalue weighted by Crippen LogP contribution is 2.42. The smallest absolute Gasteiger partial charge is 0.342 e. The van der Waals surface area contributed by atoms with E-state index in [2.05, 4.69) is 10.0 Å². The van der Waals surface area contributed by atoms with E-state index < -0.39 is 33.6 Å². The van der Waals surface area contributed by atoms with Crippen LogP contribution in [0.3, 0.4) is 0 Å². The van der Waals surface area contributed by atoms with E-state index in [1.807, 2.05) is 0 Å². The molecule has 177 valence electrons. The number of rotatable bonds is 9. The van der Waals surface area contributed by atoms with Crippen molar-refractivity contribution in [3.05, 3.63) is 41.5 Å². The van der Waals surface area contributed by atoms with Gasteiger partial charge in [0.05, 0.1) is 30.7 Å². The fourth-order valence-corrected chi connectivity index (χ4v) is 3.24. The standard InChI is InChI=1S/C21H23N2O9S/c1-5-30-20(26)13-7-10-17(15(11-13)23-33(4,28)29)32-19-14(21(27)31-6-2)8-9-16(25)18(19)22-12(3)24/h7-11,23H,5-6H2,1-4H3,(H,22,24).